The Morgan fingerprint density at radius 1 is 1.56 bits per heavy atom. The van der Waals surface area contributed by atoms with Crippen molar-refractivity contribution in [2.45, 2.75) is 26.7 Å². The Labute approximate surface area is 116 Å². The highest BCUT2D eigenvalue weighted by atomic mass is 79.9. The van der Waals surface area contributed by atoms with Gasteiger partial charge in [-0.25, -0.2) is 4.98 Å². The van der Waals surface area contributed by atoms with E-state index in [2.05, 4.69) is 40.1 Å². The molecular weight excluding hydrogens is 296 g/mol. The molecule has 1 heterocycles. The van der Waals surface area contributed by atoms with Crippen LogP contribution in [-0.4, -0.2) is 29.1 Å². The van der Waals surface area contributed by atoms with Crippen LogP contribution in [0.25, 0.3) is 0 Å². The first-order chi connectivity index (χ1) is 8.44. The number of rotatable bonds is 6. The van der Waals surface area contributed by atoms with Gasteiger partial charge in [0, 0.05) is 24.9 Å². The van der Waals surface area contributed by atoms with Crippen LogP contribution >= 0.6 is 15.9 Å². The predicted octanol–water partition coefficient (Wildman–Crippen LogP) is 2.37. The molecule has 1 aromatic heterocycles. The highest BCUT2D eigenvalue weighted by Crippen LogP contribution is 2.21. The van der Waals surface area contributed by atoms with Gasteiger partial charge in [-0.05, 0) is 46.3 Å². The lowest BCUT2D eigenvalue weighted by Gasteiger charge is -2.24. The monoisotopic (exact) mass is 314 g/mol. The molecule has 0 bridgehead atoms. The van der Waals surface area contributed by atoms with E-state index < -0.39 is 0 Å². The largest absolute Gasteiger partial charge is 0.396 e. The van der Waals surface area contributed by atoms with Crippen molar-refractivity contribution in [1.82, 2.24) is 10.3 Å². The number of aromatic nitrogens is 1. The van der Waals surface area contributed by atoms with Crippen LogP contribution in [-0.2, 0) is 0 Å². The third-order valence-electron chi connectivity index (χ3n) is 2.73. The molecule has 0 aliphatic heterocycles. The number of carbonyl (C=O) groups is 1. The Morgan fingerprint density at radius 2 is 2.28 bits per heavy atom. The third kappa shape index (κ3) is 5.14. The van der Waals surface area contributed by atoms with Crippen molar-refractivity contribution in [2.24, 2.45) is 5.41 Å². The fourth-order valence-electron chi connectivity index (χ4n) is 1.61. The van der Waals surface area contributed by atoms with Gasteiger partial charge in [0.15, 0.2) is 0 Å². The molecule has 0 atom stereocenters. The molecule has 0 aliphatic rings. The van der Waals surface area contributed by atoms with E-state index in [9.17, 15) is 4.79 Å². The lowest BCUT2D eigenvalue weighted by molar-refractivity contribution is 0.0932. The van der Waals surface area contributed by atoms with Crippen LogP contribution in [0.15, 0.2) is 22.9 Å². The second-order valence-corrected chi connectivity index (χ2v) is 5.85. The van der Waals surface area contributed by atoms with Gasteiger partial charge in [-0.1, -0.05) is 13.8 Å². The van der Waals surface area contributed by atoms with Crippen LogP contribution in [0.4, 0.5) is 0 Å². The summed E-state index contributed by atoms with van der Waals surface area (Å²) in [6.07, 6.45) is 3.23. The van der Waals surface area contributed by atoms with Gasteiger partial charge < -0.3 is 10.4 Å². The summed E-state index contributed by atoms with van der Waals surface area (Å²) < 4.78 is 0.648. The predicted molar refractivity (Wildman–Crippen MR) is 74.4 cm³/mol. The van der Waals surface area contributed by atoms with Crippen LogP contribution in [0, 0.1) is 5.41 Å². The highest BCUT2D eigenvalue weighted by molar-refractivity contribution is 9.10. The van der Waals surface area contributed by atoms with Gasteiger partial charge in [-0.15, -0.1) is 0 Å². The maximum atomic E-state index is 11.9. The molecule has 0 aliphatic carbocycles. The molecular formula is C13H19BrN2O2. The van der Waals surface area contributed by atoms with Crippen molar-refractivity contribution in [2.75, 3.05) is 13.2 Å². The zero-order chi connectivity index (χ0) is 13.6. The topological polar surface area (TPSA) is 62.2 Å². The number of amides is 1. The second kappa shape index (κ2) is 6.85. The molecule has 0 radical (unpaired) electrons. The van der Waals surface area contributed by atoms with Gasteiger partial charge in [0.1, 0.15) is 4.60 Å². The molecule has 1 amide bonds. The van der Waals surface area contributed by atoms with Gasteiger partial charge in [-0.3, -0.25) is 4.79 Å². The number of halogens is 1. The molecule has 4 nitrogen and oxygen atoms in total. The minimum Gasteiger partial charge on any atom is -0.396 e. The van der Waals surface area contributed by atoms with Crippen LogP contribution in [0.5, 0.6) is 0 Å². The number of hydrogen-bond acceptors (Lipinski definition) is 3. The number of pyridine rings is 1. The number of nitrogens with one attached hydrogen (secondary N) is 1. The average molecular weight is 315 g/mol. The maximum Gasteiger partial charge on any atom is 0.251 e. The summed E-state index contributed by atoms with van der Waals surface area (Å²) in [7, 11) is 0. The summed E-state index contributed by atoms with van der Waals surface area (Å²) >= 11 is 3.24. The molecule has 0 fully saturated rings. The van der Waals surface area contributed by atoms with E-state index in [0.29, 0.717) is 16.7 Å². The van der Waals surface area contributed by atoms with Gasteiger partial charge in [0.05, 0.1) is 0 Å². The third-order valence-corrected chi connectivity index (χ3v) is 3.16. The van der Waals surface area contributed by atoms with Crippen LogP contribution in [0.3, 0.4) is 0 Å². The van der Waals surface area contributed by atoms with Crippen molar-refractivity contribution in [3.05, 3.63) is 28.5 Å². The Kier molecular flexibility index (Phi) is 5.75. The fraction of sp³-hybridized carbons (Fsp3) is 0.538. The molecule has 5 heteroatoms. The summed E-state index contributed by atoms with van der Waals surface area (Å²) in [4.78, 5) is 15.9. The first kappa shape index (κ1) is 15.1. The van der Waals surface area contributed by atoms with Gasteiger partial charge in [0.25, 0.3) is 5.91 Å². The smallest absolute Gasteiger partial charge is 0.251 e. The van der Waals surface area contributed by atoms with E-state index in [1.54, 1.807) is 18.3 Å². The summed E-state index contributed by atoms with van der Waals surface area (Å²) in [6, 6.07) is 3.37. The Bertz CT molecular complexity index is 408. The van der Waals surface area contributed by atoms with Gasteiger partial charge >= 0.3 is 0 Å². The zero-order valence-electron chi connectivity index (χ0n) is 10.7. The normalized spacial score (nSPS) is 11.3. The van der Waals surface area contributed by atoms with E-state index in [0.717, 1.165) is 12.8 Å². The zero-order valence-corrected chi connectivity index (χ0v) is 12.3. The van der Waals surface area contributed by atoms with Crippen LogP contribution in [0.1, 0.15) is 37.0 Å². The molecule has 2 N–H and O–H groups in total. The molecule has 1 rings (SSSR count). The summed E-state index contributed by atoms with van der Waals surface area (Å²) in [6.45, 7) is 4.93. The van der Waals surface area contributed by atoms with Crippen LogP contribution in [0.2, 0.25) is 0 Å². The number of aliphatic hydroxyl groups is 1. The van der Waals surface area contributed by atoms with Crippen molar-refractivity contribution >= 4 is 21.8 Å². The summed E-state index contributed by atoms with van der Waals surface area (Å²) in [5.41, 5.74) is 0.581. The van der Waals surface area contributed by atoms with Crippen LogP contribution < -0.4 is 5.32 Å². The minimum atomic E-state index is -0.102. The molecule has 1 aromatic rings. The van der Waals surface area contributed by atoms with E-state index in [4.69, 9.17) is 5.11 Å². The van der Waals surface area contributed by atoms with Crippen molar-refractivity contribution in [3.8, 4) is 0 Å². The minimum absolute atomic E-state index is 0.0113. The van der Waals surface area contributed by atoms with Gasteiger partial charge in [-0.2, -0.15) is 0 Å². The molecule has 100 valence electrons. The van der Waals surface area contributed by atoms with E-state index in [1.165, 1.54) is 0 Å². The molecule has 18 heavy (non-hydrogen) atoms. The second-order valence-electron chi connectivity index (χ2n) is 5.04. The van der Waals surface area contributed by atoms with Crippen molar-refractivity contribution in [1.29, 1.82) is 0 Å². The lowest BCUT2D eigenvalue weighted by atomic mass is 9.88. The number of nitrogens with zero attached hydrogens (tertiary/aromatic N) is 1. The summed E-state index contributed by atoms with van der Waals surface area (Å²) in [5, 5.41) is 11.7. The fourth-order valence-corrected chi connectivity index (χ4v) is 1.98. The molecule has 0 aromatic carbocycles. The average Bonchev–Trinajstić information content (AvgIpc) is 2.34. The van der Waals surface area contributed by atoms with E-state index in [-0.39, 0.29) is 17.9 Å². The Hall–Kier alpha value is -0.940. The number of carbonyl (C=O) groups excluding carboxylic acids is 1. The first-order valence-electron chi connectivity index (χ1n) is 5.95. The lowest BCUT2D eigenvalue weighted by Crippen LogP contribution is -2.34. The van der Waals surface area contributed by atoms with Crippen molar-refractivity contribution in [3.63, 3.8) is 0 Å². The Morgan fingerprint density at radius 3 is 2.89 bits per heavy atom. The maximum absolute atomic E-state index is 11.9. The highest BCUT2D eigenvalue weighted by Gasteiger charge is 2.18. The first-order valence-corrected chi connectivity index (χ1v) is 6.74. The van der Waals surface area contributed by atoms with Crippen molar-refractivity contribution < 1.29 is 9.90 Å². The molecule has 0 unspecified atom stereocenters. The summed E-state index contributed by atoms with van der Waals surface area (Å²) in [5.74, 6) is -0.102. The number of hydrogen-bond donors (Lipinski definition) is 2. The van der Waals surface area contributed by atoms with Gasteiger partial charge in [0.2, 0.25) is 0 Å². The molecule has 0 saturated carbocycles. The number of aliphatic hydroxyl groups excluding tert-OH is 1. The Balaban J connectivity index is 2.50. The quantitative estimate of drug-likeness (QED) is 0.792. The standard InChI is InChI=1S/C13H19BrN2O2/c1-13(2,5-3-7-17)9-16-12(18)10-4-6-15-11(14)8-10/h4,6,8,17H,3,5,7,9H2,1-2H3,(H,16,18). The van der Waals surface area contributed by atoms with E-state index >= 15 is 0 Å². The molecule has 0 spiro atoms. The molecule has 0 saturated heterocycles. The van der Waals surface area contributed by atoms with E-state index in [1.807, 2.05) is 0 Å². The SMILES string of the molecule is CC(C)(CCCO)CNC(=O)c1ccnc(Br)c1.